The SMILES string of the molecule is C[C@@H](OC(=O)CCc1c(-c2ccccc2)[nH]c2ccccc12)C(N)=O. The van der Waals surface area contributed by atoms with Crippen molar-refractivity contribution in [2.45, 2.75) is 25.9 Å². The Kier molecular flexibility index (Phi) is 4.84. The number of para-hydroxylation sites is 1. The van der Waals surface area contributed by atoms with Crippen LogP contribution in [0.15, 0.2) is 54.6 Å². The van der Waals surface area contributed by atoms with Gasteiger partial charge in [0.15, 0.2) is 6.10 Å². The number of carbonyl (C=O) groups is 2. The van der Waals surface area contributed by atoms with Crippen LogP contribution in [0.1, 0.15) is 18.9 Å². The summed E-state index contributed by atoms with van der Waals surface area (Å²) in [6, 6.07) is 18.0. The van der Waals surface area contributed by atoms with E-state index in [1.807, 2.05) is 54.6 Å². The van der Waals surface area contributed by atoms with Crippen molar-refractivity contribution in [3.8, 4) is 11.3 Å². The highest BCUT2D eigenvalue weighted by Gasteiger charge is 2.17. The van der Waals surface area contributed by atoms with Crippen molar-refractivity contribution in [3.63, 3.8) is 0 Å². The van der Waals surface area contributed by atoms with Crippen molar-refractivity contribution in [1.29, 1.82) is 0 Å². The second-order valence-electron chi connectivity index (χ2n) is 5.92. The number of aromatic amines is 1. The Morgan fingerprint density at radius 2 is 1.76 bits per heavy atom. The van der Waals surface area contributed by atoms with Crippen molar-refractivity contribution in [2.75, 3.05) is 0 Å². The maximum atomic E-state index is 12.0. The molecule has 0 aliphatic heterocycles. The van der Waals surface area contributed by atoms with Gasteiger partial charge >= 0.3 is 5.97 Å². The molecule has 128 valence electrons. The van der Waals surface area contributed by atoms with E-state index in [0.29, 0.717) is 6.42 Å². The van der Waals surface area contributed by atoms with Crippen LogP contribution in [0.3, 0.4) is 0 Å². The summed E-state index contributed by atoms with van der Waals surface area (Å²) in [5.74, 6) is -1.08. The number of carbonyl (C=O) groups excluding carboxylic acids is 2. The molecule has 0 aliphatic carbocycles. The highest BCUT2D eigenvalue weighted by Crippen LogP contribution is 2.31. The first kappa shape index (κ1) is 16.8. The molecule has 3 N–H and O–H groups in total. The molecule has 0 saturated heterocycles. The molecular formula is C20H20N2O3. The predicted octanol–water partition coefficient (Wildman–Crippen LogP) is 3.18. The summed E-state index contributed by atoms with van der Waals surface area (Å²) in [4.78, 5) is 26.5. The number of fused-ring (bicyclic) bond motifs is 1. The van der Waals surface area contributed by atoms with Crippen molar-refractivity contribution in [2.24, 2.45) is 5.73 Å². The van der Waals surface area contributed by atoms with Crippen molar-refractivity contribution >= 4 is 22.8 Å². The normalized spacial score (nSPS) is 12.0. The molecule has 2 aromatic carbocycles. The number of benzene rings is 2. The summed E-state index contributed by atoms with van der Waals surface area (Å²) in [5.41, 5.74) is 9.27. The summed E-state index contributed by atoms with van der Waals surface area (Å²) in [6.07, 6.45) is -0.221. The van der Waals surface area contributed by atoms with E-state index < -0.39 is 18.0 Å². The van der Waals surface area contributed by atoms with E-state index in [-0.39, 0.29) is 6.42 Å². The number of hydrogen-bond acceptors (Lipinski definition) is 3. The first-order valence-electron chi connectivity index (χ1n) is 8.20. The van der Waals surface area contributed by atoms with Crippen LogP contribution in [0.4, 0.5) is 0 Å². The van der Waals surface area contributed by atoms with Gasteiger partial charge in [-0.05, 0) is 30.5 Å². The van der Waals surface area contributed by atoms with Gasteiger partial charge in [-0.1, -0.05) is 48.5 Å². The van der Waals surface area contributed by atoms with Gasteiger partial charge in [0.1, 0.15) is 0 Å². The van der Waals surface area contributed by atoms with Crippen molar-refractivity contribution in [3.05, 3.63) is 60.2 Å². The molecule has 0 aliphatic rings. The molecule has 1 aromatic heterocycles. The third-order valence-corrected chi connectivity index (χ3v) is 4.16. The van der Waals surface area contributed by atoms with Gasteiger partial charge in [-0.2, -0.15) is 0 Å². The fourth-order valence-electron chi connectivity index (χ4n) is 2.85. The lowest BCUT2D eigenvalue weighted by atomic mass is 10.0. The second kappa shape index (κ2) is 7.21. The Labute approximate surface area is 145 Å². The molecule has 0 unspecified atom stereocenters. The molecule has 3 aromatic rings. The zero-order valence-electron chi connectivity index (χ0n) is 14.0. The maximum absolute atomic E-state index is 12.0. The van der Waals surface area contributed by atoms with Crippen LogP contribution in [0.25, 0.3) is 22.2 Å². The predicted molar refractivity (Wildman–Crippen MR) is 96.8 cm³/mol. The van der Waals surface area contributed by atoms with Crippen LogP contribution in [0, 0.1) is 0 Å². The smallest absolute Gasteiger partial charge is 0.306 e. The van der Waals surface area contributed by atoms with Gasteiger partial charge in [0.05, 0.1) is 0 Å². The third kappa shape index (κ3) is 3.71. The number of hydrogen-bond donors (Lipinski definition) is 2. The Morgan fingerprint density at radius 3 is 2.48 bits per heavy atom. The highest BCUT2D eigenvalue weighted by molar-refractivity contribution is 5.91. The summed E-state index contributed by atoms with van der Waals surface area (Å²) < 4.78 is 5.04. The molecule has 1 amide bonds. The van der Waals surface area contributed by atoms with Gasteiger partial charge in [0, 0.05) is 23.0 Å². The number of nitrogens with one attached hydrogen (secondary N) is 1. The lowest BCUT2D eigenvalue weighted by Gasteiger charge is -2.10. The van der Waals surface area contributed by atoms with Crippen LogP contribution in [-0.4, -0.2) is 23.0 Å². The minimum atomic E-state index is -0.913. The topological polar surface area (TPSA) is 85.2 Å². The molecule has 25 heavy (non-hydrogen) atoms. The molecule has 1 heterocycles. The maximum Gasteiger partial charge on any atom is 0.306 e. The average Bonchev–Trinajstić information content (AvgIpc) is 2.99. The molecular weight excluding hydrogens is 316 g/mol. The monoisotopic (exact) mass is 336 g/mol. The van der Waals surface area contributed by atoms with Gasteiger partial charge in [0.2, 0.25) is 0 Å². The Bertz CT molecular complexity index is 900. The molecule has 5 nitrogen and oxygen atoms in total. The van der Waals surface area contributed by atoms with Gasteiger partial charge < -0.3 is 15.5 Å². The summed E-state index contributed by atoms with van der Waals surface area (Å²) in [5, 5.41) is 1.08. The zero-order chi connectivity index (χ0) is 17.8. The van der Waals surface area contributed by atoms with E-state index in [1.165, 1.54) is 6.92 Å². The molecule has 3 rings (SSSR count). The summed E-state index contributed by atoms with van der Waals surface area (Å²) in [6.45, 7) is 1.47. The Morgan fingerprint density at radius 1 is 1.08 bits per heavy atom. The lowest BCUT2D eigenvalue weighted by molar-refractivity contribution is -0.153. The lowest BCUT2D eigenvalue weighted by Crippen LogP contribution is -2.30. The number of esters is 1. The molecule has 0 bridgehead atoms. The summed E-state index contributed by atoms with van der Waals surface area (Å²) >= 11 is 0. The number of primary amides is 1. The van der Waals surface area contributed by atoms with E-state index in [9.17, 15) is 9.59 Å². The van der Waals surface area contributed by atoms with Gasteiger partial charge in [0.25, 0.3) is 5.91 Å². The number of nitrogens with two attached hydrogens (primary N) is 1. The first-order valence-corrected chi connectivity index (χ1v) is 8.20. The van der Waals surface area contributed by atoms with Crippen LogP contribution in [0.2, 0.25) is 0 Å². The molecule has 0 radical (unpaired) electrons. The Balaban J connectivity index is 1.87. The minimum Gasteiger partial charge on any atom is -0.453 e. The van der Waals surface area contributed by atoms with Crippen LogP contribution in [0.5, 0.6) is 0 Å². The standard InChI is InChI=1S/C20H20N2O3/c1-13(20(21)24)25-18(23)12-11-16-15-9-5-6-10-17(15)22-19(16)14-7-3-2-4-8-14/h2-10,13,22H,11-12H2,1H3,(H2,21,24)/t13-/m1/s1. The van der Waals surface area contributed by atoms with Gasteiger partial charge in [-0.25, -0.2) is 0 Å². The van der Waals surface area contributed by atoms with E-state index in [0.717, 1.165) is 27.7 Å². The van der Waals surface area contributed by atoms with E-state index >= 15 is 0 Å². The number of ether oxygens (including phenoxy) is 1. The number of H-pyrrole nitrogens is 1. The fraction of sp³-hybridized carbons (Fsp3) is 0.200. The second-order valence-corrected chi connectivity index (χ2v) is 5.92. The van der Waals surface area contributed by atoms with Crippen LogP contribution >= 0.6 is 0 Å². The van der Waals surface area contributed by atoms with Crippen molar-refractivity contribution in [1.82, 2.24) is 4.98 Å². The zero-order valence-corrected chi connectivity index (χ0v) is 14.0. The Hall–Kier alpha value is -3.08. The van der Waals surface area contributed by atoms with Crippen LogP contribution < -0.4 is 5.73 Å². The number of aryl methyl sites for hydroxylation is 1. The molecule has 0 spiro atoms. The fourth-order valence-corrected chi connectivity index (χ4v) is 2.85. The molecule has 0 saturated carbocycles. The largest absolute Gasteiger partial charge is 0.453 e. The average molecular weight is 336 g/mol. The number of amides is 1. The first-order chi connectivity index (χ1) is 12.1. The third-order valence-electron chi connectivity index (χ3n) is 4.16. The van der Waals surface area contributed by atoms with E-state index in [2.05, 4.69) is 4.98 Å². The van der Waals surface area contributed by atoms with Gasteiger partial charge in [-0.15, -0.1) is 0 Å². The number of rotatable bonds is 6. The van der Waals surface area contributed by atoms with Crippen molar-refractivity contribution < 1.29 is 14.3 Å². The van der Waals surface area contributed by atoms with Crippen LogP contribution in [-0.2, 0) is 20.7 Å². The minimum absolute atomic E-state index is 0.180. The number of aromatic nitrogens is 1. The van der Waals surface area contributed by atoms with E-state index in [4.69, 9.17) is 10.5 Å². The quantitative estimate of drug-likeness (QED) is 0.678. The van der Waals surface area contributed by atoms with E-state index in [1.54, 1.807) is 0 Å². The molecule has 1 atom stereocenters. The van der Waals surface area contributed by atoms with Gasteiger partial charge in [-0.3, -0.25) is 9.59 Å². The molecule has 5 heteroatoms. The molecule has 0 fully saturated rings. The summed E-state index contributed by atoms with van der Waals surface area (Å²) in [7, 11) is 0. The highest BCUT2D eigenvalue weighted by atomic mass is 16.5.